The molecule has 0 saturated carbocycles. The van der Waals surface area contributed by atoms with Gasteiger partial charge in [-0.2, -0.15) is 5.26 Å². The van der Waals surface area contributed by atoms with Crippen molar-refractivity contribution in [3.63, 3.8) is 0 Å². The van der Waals surface area contributed by atoms with Crippen LogP contribution >= 0.6 is 0 Å². The van der Waals surface area contributed by atoms with Gasteiger partial charge in [-0.05, 0) is 57.4 Å². The van der Waals surface area contributed by atoms with E-state index in [1.54, 1.807) is 33.8 Å². The van der Waals surface area contributed by atoms with Gasteiger partial charge in [-0.25, -0.2) is 9.18 Å². The maximum absolute atomic E-state index is 14.1. The first kappa shape index (κ1) is 18.0. The SMILES string of the molecule is Cc1ccc(F)c(C(C)C(C#N)NC(=O)OC(C)(C)C)c1C. The second-order valence-electron chi connectivity index (χ2n) is 6.44. The van der Waals surface area contributed by atoms with Gasteiger partial charge in [0.25, 0.3) is 0 Å². The molecule has 0 aliphatic carbocycles. The fraction of sp³-hybridized carbons (Fsp3) is 0.529. The number of benzene rings is 1. The summed E-state index contributed by atoms with van der Waals surface area (Å²) in [5, 5.41) is 11.8. The van der Waals surface area contributed by atoms with Crippen molar-refractivity contribution in [2.75, 3.05) is 0 Å². The number of hydrogen-bond acceptors (Lipinski definition) is 3. The van der Waals surface area contributed by atoms with E-state index >= 15 is 0 Å². The minimum absolute atomic E-state index is 0.373. The Balaban J connectivity index is 3.00. The van der Waals surface area contributed by atoms with Crippen molar-refractivity contribution in [3.05, 3.63) is 34.6 Å². The van der Waals surface area contributed by atoms with Crippen molar-refractivity contribution in [2.24, 2.45) is 0 Å². The number of alkyl carbamates (subject to hydrolysis) is 1. The zero-order valence-corrected chi connectivity index (χ0v) is 14.0. The molecule has 0 radical (unpaired) electrons. The molecule has 120 valence electrons. The number of halogens is 1. The molecule has 1 amide bonds. The van der Waals surface area contributed by atoms with E-state index in [0.717, 1.165) is 11.1 Å². The van der Waals surface area contributed by atoms with Crippen molar-refractivity contribution < 1.29 is 13.9 Å². The number of ether oxygens (including phenoxy) is 1. The average Bonchev–Trinajstić information content (AvgIpc) is 2.38. The molecule has 1 N–H and O–H groups in total. The smallest absolute Gasteiger partial charge is 0.408 e. The summed E-state index contributed by atoms with van der Waals surface area (Å²) in [6.45, 7) is 10.6. The van der Waals surface area contributed by atoms with Crippen LogP contribution in [0.15, 0.2) is 12.1 Å². The van der Waals surface area contributed by atoms with Gasteiger partial charge in [-0.15, -0.1) is 0 Å². The van der Waals surface area contributed by atoms with Crippen molar-refractivity contribution in [3.8, 4) is 6.07 Å². The predicted octanol–water partition coefficient (Wildman–Crippen LogP) is 3.96. The van der Waals surface area contributed by atoms with E-state index in [1.807, 2.05) is 19.9 Å². The maximum Gasteiger partial charge on any atom is 0.408 e. The van der Waals surface area contributed by atoms with Crippen molar-refractivity contribution in [1.29, 1.82) is 5.26 Å². The highest BCUT2D eigenvalue weighted by Gasteiger charge is 2.27. The molecule has 1 aromatic carbocycles. The molecule has 1 aromatic rings. The van der Waals surface area contributed by atoms with Gasteiger partial charge in [0.05, 0.1) is 6.07 Å². The molecule has 0 heterocycles. The van der Waals surface area contributed by atoms with Crippen molar-refractivity contribution in [1.82, 2.24) is 5.32 Å². The van der Waals surface area contributed by atoms with Gasteiger partial charge in [0.15, 0.2) is 0 Å². The standard InChI is InChI=1S/C17H23FN2O2/c1-10-7-8-13(18)15(11(10)2)12(3)14(9-19)20-16(21)22-17(4,5)6/h7-8,12,14H,1-6H3,(H,20,21). The zero-order valence-electron chi connectivity index (χ0n) is 14.0. The third-order valence-electron chi connectivity index (χ3n) is 3.50. The highest BCUT2D eigenvalue weighted by Crippen LogP contribution is 2.27. The Morgan fingerprint density at radius 1 is 1.36 bits per heavy atom. The molecular formula is C17H23FN2O2. The van der Waals surface area contributed by atoms with Gasteiger partial charge in [-0.3, -0.25) is 0 Å². The van der Waals surface area contributed by atoms with Crippen LogP contribution in [0.25, 0.3) is 0 Å². The minimum Gasteiger partial charge on any atom is -0.444 e. The zero-order chi connectivity index (χ0) is 17.1. The molecule has 2 atom stereocenters. The van der Waals surface area contributed by atoms with E-state index in [2.05, 4.69) is 5.32 Å². The van der Waals surface area contributed by atoms with Crippen LogP contribution in [0.4, 0.5) is 9.18 Å². The Morgan fingerprint density at radius 2 is 1.95 bits per heavy atom. The molecule has 0 saturated heterocycles. The van der Waals surface area contributed by atoms with Crippen LogP contribution in [0, 0.1) is 31.0 Å². The van der Waals surface area contributed by atoms with Gasteiger partial charge in [0.1, 0.15) is 17.5 Å². The lowest BCUT2D eigenvalue weighted by molar-refractivity contribution is 0.0510. The first-order valence-corrected chi connectivity index (χ1v) is 7.21. The summed E-state index contributed by atoms with van der Waals surface area (Å²) in [5.41, 5.74) is 1.52. The number of nitrogens with zero attached hydrogens (tertiary/aromatic N) is 1. The number of carbonyl (C=O) groups is 1. The van der Waals surface area contributed by atoms with Crippen LogP contribution in [0.2, 0.25) is 0 Å². The summed E-state index contributed by atoms with van der Waals surface area (Å²) >= 11 is 0. The molecule has 4 nitrogen and oxygen atoms in total. The molecular weight excluding hydrogens is 283 g/mol. The number of rotatable bonds is 3. The second-order valence-corrected chi connectivity index (χ2v) is 6.44. The van der Waals surface area contributed by atoms with Crippen LogP contribution < -0.4 is 5.32 Å². The Morgan fingerprint density at radius 3 is 2.45 bits per heavy atom. The molecule has 22 heavy (non-hydrogen) atoms. The molecule has 0 aromatic heterocycles. The fourth-order valence-corrected chi connectivity index (χ4v) is 2.23. The summed E-state index contributed by atoms with van der Waals surface area (Å²) in [4.78, 5) is 11.8. The maximum atomic E-state index is 14.1. The molecule has 1 rings (SSSR count). The third-order valence-corrected chi connectivity index (χ3v) is 3.50. The molecule has 5 heteroatoms. The largest absolute Gasteiger partial charge is 0.444 e. The number of amides is 1. The lowest BCUT2D eigenvalue weighted by Crippen LogP contribution is -2.41. The Labute approximate surface area is 131 Å². The molecule has 0 fully saturated rings. The normalized spacial score (nSPS) is 13.9. The van der Waals surface area contributed by atoms with Crippen molar-refractivity contribution in [2.45, 2.75) is 59.1 Å². The van der Waals surface area contributed by atoms with Gasteiger partial charge in [-0.1, -0.05) is 13.0 Å². The van der Waals surface area contributed by atoms with Gasteiger partial charge >= 0.3 is 6.09 Å². The number of carbonyl (C=O) groups excluding carboxylic acids is 1. The summed E-state index contributed by atoms with van der Waals surface area (Å²) in [6, 6.07) is 4.22. The van der Waals surface area contributed by atoms with Gasteiger partial charge < -0.3 is 10.1 Å². The van der Waals surface area contributed by atoms with E-state index in [1.165, 1.54) is 6.07 Å². The fourth-order valence-electron chi connectivity index (χ4n) is 2.23. The molecule has 0 bridgehead atoms. The first-order chi connectivity index (χ1) is 10.1. The van der Waals surface area contributed by atoms with E-state index in [4.69, 9.17) is 4.74 Å². The van der Waals surface area contributed by atoms with Crippen LogP contribution in [0.1, 0.15) is 50.3 Å². The number of nitrogens with one attached hydrogen (secondary N) is 1. The first-order valence-electron chi connectivity index (χ1n) is 7.21. The van der Waals surface area contributed by atoms with Gasteiger partial charge in [0.2, 0.25) is 0 Å². The minimum atomic E-state index is -0.871. The summed E-state index contributed by atoms with van der Waals surface area (Å²) in [5.74, 6) is -0.862. The average molecular weight is 306 g/mol. The van der Waals surface area contributed by atoms with Crippen LogP contribution in [0.5, 0.6) is 0 Å². The highest BCUT2D eigenvalue weighted by molar-refractivity contribution is 5.68. The Kier molecular flexibility index (Phi) is 5.54. The van der Waals surface area contributed by atoms with E-state index < -0.39 is 23.7 Å². The van der Waals surface area contributed by atoms with Crippen LogP contribution in [-0.2, 0) is 4.74 Å². The summed E-state index contributed by atoms with van der Waals surface area (Å²) < 4.78 is 19.3. The van der Waals surface area contributed by atoms with Gasteiger partial charge in [0, 0.05) is 5.92 Å². The monoisotopic (exact) mass is 306 g/mol. The predicted molar refractivity (Wildman–Crippen MR) is 83.1 cm³/mol. The molecule has 0 aliphatic rings. The number of hydrogen-bond donors (Lipinski definition) is 1. The Bertz CT molecular complexity index is 600. The summed E-state index contributed by atoms with van der Waals surface area (Å²) in [7, 11) is 0. The van der Waals surface area contributed by atoms with E-state index in [-0.39, 0.29) is 5.82 Å². The molecule has 0 spiro atoms. The summed E-state index contributed by atoms with van der Waals surface area (Å²) in [6.07, 6.45) is -0.684. The molecule has 2 unspecified atom stereocenters. The van der Waals surface area contributed by atoms with Crippen LogP contribution in [-0.4, -0.2) is 17.7 Å². The second kappa shape index (κ2) is 6.78. The van der Waals surface area contributed by atoms with E-state index in [9.17, 15) is 14.4 Å². The number of nitriles is 1. The lowest BCUT2D eigenvalue weighted by atomic mass is 9.88. The molecule has 0 aliphatic heterocycles. The highest BCUT2D eigenvalue weighted by atomic mass is 19.1. The van der Waals surface area contributed by atoms with E-state index in [0.29, 0.717) is 5.56 Å². The topological polar surface area (TPSA) is 62.1 Å². The lowest BCUT2D eigenvalue weighted by Gasteiger charge is -2.25. The Hall–Kier alpha value is -2.09. The van der Waals surface area contributed by atoms with Crippen molar-refractivity contribution >= 4 is 6.09 Å². The van der Waals surface area contributed by atoms with Crippen LogP contribution in [0.3, 0.4) is 0 Å². The quantitative estimate of drug-likeness (QED) is 0.919. The third kappa shape index (κ3) is 4.45. The number of aryl methyl sites for hydroxylation is 1.